The van der Waals surface area contributed by atoms with Crippen LogP contribution in [0.5, 0.6) is 0 Å². The highest BCUT2D eigenvalue weighted by molar-refractivity contribution is 5.78. The first kappa shape index (κ1) is 14.0. The minimum atomic E-state index is 0.192. The highest BCUT2D eigenvalue weighted by Crippen LogP contribution is 2.06. The number of hydrogen-bond acceptors (Lipinski definition) is 3. The van der Waals surface area contributed by atoms with Crippen LogP contribution >= 0.6 is 0 Å². The zero-order chi connectivity index (χ0) is 13.7. The van der Waals surface area contributed by atoms with Gasteiger partial charge in [0.15, 0.2) is 0 Å². The molecule has 0 saturated carbocycles. The van der Waals surface area contributed by atoms with Crippen LogP contribution in [0.2, 0.25) is 0 Å². The van der Waals surface area contributed by atoms with Gasteiger partial charge in [-0.1, -0.05) is 30.3 Å². The third kappa shape index (κ3) is 4.04. The second-order valence-corrected chi connectivity index (χ2v) is 5.26. The number of rotatable bonds is 4. The summed E-state index contributed by atoms with van der Waals surface area (Å²) in [4.78, 5) is 16.3. The standard InChI is InChI=1S/C15H23N3O/c1-13-10-16-8-9-18(13)12-15(19)17(2)11-14-6-4-3-5-7-14/h3-7,13,16H,8-12H2,1-2H3/t13-/m1/s1. The number of benzene rings is 1. The first-order chi connectivity index (χ1) is 9.16. The first-order valence-corrected chi connectivity index (χ1v) is 6.89. The zero-order valence-electron chi connectivity index (χ0n) is 11.8. The van der Waals surface area contributed by atoms with Crippen molar-refractivity contribution in [2.75, 3.05) is 33.2 Å². The van der Waals surface area contributed by atoms with Gasteiger partial charge in [0.2, 0.25) is 5.91 Å². The van der Waals surface area contributed by atoms with Gasteiger partial charge >= 0.3 is 0 Å². The van der Waals surface area contributed by atoms with Crippen molar-refractivity contribution in [2.45, 2.75) is 19.5 Å². The van der Waals surface area contributed by atoms with Crippen LogP contribution < -0.4 is 5.32 Å². The second kappa shape index (κ2) is 6.68. The fraction of sp³-hybridized carbons (Fsp3) is 0.533. The predicted molar refractivity (Wildman–Crippen MR) is 76.8 cm³/mol. The molecular formula is C15H23N3O. The second-order valence-electron chi connectivity index (χ2n) is 5.26. The third-order valence-electron chi connectivity index (χ3n) is 3.67. The van der Waals surface area contributed by atoms with E-state index >= 15 is 0 Å². The third-order valence-corrected chi connectivity index (χ3v) is 3.67. The van der Waals surface area contributed by atoms with Crippen LogP contribution in [0.15, 0.2) is 30.3 Å². The molecule has 0 aromatic heterocycles. The lowest BCUT2D eigenvalue weighted by atomic mass is 10.2. The van der Waals surface area contributed by atoms with E-state index in [1.54, 1.807) is 0 Å². The molecule has 0 bridgehead atoms. The zero-order valence-corrected chi connectivity index (χ0v) is 11.8. The molecule has 1 aromatic rings. The van der Waals surface area contributed by atoms with Gasteiger partial charge in [0.05, 0.1) is 6.54 Å². The van der Waals surface area contributed by atoms with Crippen molar-refractivity contribution < 1.29 is 4.79 Å². The Morgan fingerprint density at radius 1 is 1.42 bits per heavy atom. The summed E-state index contributed by atoms with van der Waals surface area (Å²) in [5.74, 6) is 0.192. The van der Waals surface area contributed by atoms with Crippen molar-refractivity contribution in [3.8, 4) is 0 Å². The molecule has 104 valence electrons. The summed E-state index contributed by atoms with van der Waals surface area (Å²) < 4.78 is 0. The molecule has 1 aliphatic heterocycles. The molecule has 1 amide bonds. The Kier molecular flexibility index (Phi) is 4.93. The Hall–Kier alpha value is -1.39. The van der Waals surface area contributed by atoms with Gasteiger partial charge in [0.1, 0.15) is 0 Å². The van der Waals surface area contributed by atoms with Gasteiger partial charge in [-0.3, -0.25) is 9.69 Å². The highest BCUT2D eigenvalue weighted by atomic mass is 16.2. The molecule has 1 aliphatic rings. The minimum absolute atomic E-state index is 0.192. The quantitative estimate of drug-likeness (QED) is 0.876. The van der Waals surface area contributed by atoms with E-state index in [-0.39, 0.29) is 5.91 Å². The first-order valence-electron chi connectivity index (χ1n) is 6.89. The largest absolute Gasteiger partial charge is 0.340 e. The van der Waals surface area contributed by atoms with Crippen LogP contribution in [-0.2, 0) is 11.3 Å². The van der Waals surface area contributed by atoms with E-state index in [2.05, 4.69) is 29.3 Å². The summed E-state index contributed by atoms with van der Waals surface area (Å²) in [6.07, 6.45) is 0. The number of piperazine rings is 1. The molecule has 0 aliphatic carbocycles. The summed E-state index contributed by atoms with van der Waals surface area (Å²) in [6.45, 7) is 6.25. The summed E-state index contributed by atoms with van der Waals surface area (Å²) in [5, 5.41) is 3.34. The molecule has 0 unspecified atom stereocenters. The fourth-order valence-corrected chi connectivity index (χ4v) is 2.36. The van der Waals surface area contributed by atoms with E-state index in [0.29, 0.717) is 19.1 Å². The number of likely N-dealkylation sites (N-methyl/N-ethyl adjacent to an activating group) is 1. The van der Waals surface area contributed by atoms with Crippen LogP contribution in [0, 0.1) is 0 Å². The molecule has 0 radical (unpaired) electrons. The maximum Gasteiger partial charge on any atom is 0.236 e. The predicted octanol–water partition coefficient (Wildman–Crippen LogP) is 0.939. The van der Waals surface area contributed by atoms with Crippen LogP contribution in [0.25, 0.3) is 0 Å². The fourth-order valence-electron chi connectivity index (χ4n) is 2.36. The van der Waals surface area contributed by atoms with E-state index in [0.717, 1.165) is 19.6 Å². The molecule has 1 aromatic carbocycles. The number of carbonyl (C=O) groups is 1. The molecular weight excluding hydrogens is 238 g/mol. The van der Waals surface area contributed by atoms with Gasteiger partial charge in [-0.2, -0.15) is 0 Å². The molecule has 4 heteroatoms. The minimum Gasteiger partial charge on any atom is -0.340 e. The maximum absolute atomic E-state index is 12.2. The lowest BCUT2D eigenvalue weighted by Crippen LogP contribution is -2.52. The Balaban J connectivity index is 1.85. The van der Waals surface area contributed by atoms with Crippen molar-refractivity contribution in [3.63, 3.8) is 0 Å². The average Bonchev–Trinajstić information content (AvgIpc) is 2.42. The Morgan fingerprint density at radius 2 is 2.16 bits per heavy atom. The summed E-state index contributed by atoms with van der Waals surface area (Å²) in [5.41, 5.74) is 1.17. The SMILES string of the molecule is C[C@@H]1CNCCN1CC(=O)N(C)Cc1ccccc1. The summed E-state index contributed by atoms with van der Waals surface area (Å²) in [6, 6.07) is 10.5. The van der Waals surface area contributed by atoms with Gasteiger partial charge in [-0.25, -0.2) is 0 Å². The number of nitrogens with one attached hydrogen (secondary N) is 1. The molecule has 1 heterocycles. The van der Waals surface area contributed by atoms with Gasteiger partial charge < -0.3 is 10.2 Å². The molecule has 1 N–H and O–H groups in total. The maximum atomic E-state index is 12.2. The molecule has 4 nitrogen and oxygen atoms in total. The topological polar surface area (TPSA) is 35.6 Å². The van der Waals surface area contributed by atoms with E-state index in [9.17, 15) is 4.79 Å². The number of hydrogen-bond donors (Lipinski definition) is 1. The smallest absolute Gasteiger partial charge is 0.236 e. The average molecular weight is 261 g/mol. The Bertz CT molecular complexity index is 407. The molecule has 0 spiro atoms. The molecule has 1 saturated heterocycles. The van der Waals surface area contributed by atoms with Gasteiger partial charge in [-0.05, 0) is 12.5 Å². The van der Waals surface area contributed by atoms with Crippen LogP contribution in [-0.4, -0.2) is 55.0 Å². The highest BCUT2D eigenvalue weighted by Gasteiger charge is 2.21. The van der Waals surface area contributed by atoms with Crippen molar-refractivity contribution in [3.05, 3.63) is 35.9 Å². The molecule has 1 fully saturated rings. The summed E-state index contributed by atoms with van der Waals surface area (Å²) >= 11 is 0. The van der Waals surface area contributed by atoms with E-state index < -0.39 is 0 Å². The van der Waals surface area contributed by atoms with Crippen molar-refractivity contribution in [2.24, 2.45) is 0 Å². The van der Waals surface area contributed by atoms with Crippen molar-refractivity contribution in [1.29, 1.82) is 0 Å². The molecule has 19 heavy (non-hydrogen) atoms. The van der Waals surface area contributed by atoms with Gasteiger partial charge in [0.25, 0.3) is 0 Å². The molecule has 1 atom stereocenters. The van der Waals surface area contributed by atoms with E-state index in [4.69, 9.17) is 0 Å². The lowest BCUT2D eigenvalue weighted by Gasteiger charge is -2.34. The number of amides is 1. The normalized spacial score (nSPS) is 20.2. The van der Waals surface area contributed by atoms with Crippen molar-refractivity contribution >= 4 is 5.91 Å². The van der Waals surface area contributed by atoms with Crippen molar-refractivity contribution in [1.82, 2.24) is 15.1 Å². The van der Waals surface area contributed by atoms with E-state index in [1.807, 2.05) is 30.1 Å². The monoisotopic (exact) mass is 261 g/mol. The summed E-state index contributed by atoms with van der Waals surface area (Å²) in [7, 11) is 1.88. The van der Waals surface area contributed by atoms with Gasteiger partial charge in [-0.15, -0.1) is 0 Å². The van der Waals surface area contributed by atoms with Crippen LogP contribution in [0.1, 0.15) is 12.5 Å². The van der Waals surface area contributed by atoms with E-state index in [1.165, 1.54) is 5.56 Å². The van der Waals surface area contributed by atoms with Crippen LogP contribution in [0.3, 0.4) is 0 Å². The Labute approximate surface area is 115 Å². The van der Waals surface area contributed by atoms with Gasteiger partial charge in [0, 0.05) is 39.3 Å². The lowest BCUT2D eigenvalue weighted by molar-refractivity contribution is -0.132. The molecule has 2 rings (SSSR count). The Morgan fingerprint density at radius 3 is 2.84 bits per heavy atom. The van der Waals surface area contributed by atoms with Crippen LogP contribution in [0.4, 0.5) is 0 Å². The number of nitrogens with zero attached hydrogens (tertiary/aromatic N) is 2. The number of carbonyl (C=O) groups excluding carboxylic acids is 1.